The third-order valence-corrected chi connectivity index (χ3v) is 3.67. The van der Waals surface area contributed by atoms with E-state index in [9.17, 15) is 18.8 Å². The van der Waals surface area contributed by atoms with Gasteiger partial charge < -0.3 is 14.8 Å². The molecule has 2 aromatic rings. The molecule has 0 aliphatic carbocycles. The number of ether oxygens (including phenoxy) is 2. The molecule has 0 heterocycles. The molecular weight excluding hydrogens is 341 g/mol. The molecule has 0 saturated carbocycles. The van der Waals surface area contributed by atoms with Crippen molar-refractivity contribution in [3.8, 4) is 0 Å². The molecule has 1 amide bonds. The Morgan fingerprint density at radius 3 is 2.23 bits per heavy atom. The van der Waals surface area contributed by atoms with Crippen molar-refractivity contribution in [2.75, 3.05) is 19.5 Å². The topological polar surface area (TPSA) is 81.7 Å². The second-order valence-electron chi connectivity index (χ2n) is 5.42. The smallest absolute Gasteiger partial charge is 0.339 e. The Hall–Kier alpha value is -3.22. The number of rotatable bonds is 6. The van der Waals surface area contributed by atoms with Crippen molar-refractivity contribution < 1.29 is 28.2 Å². The van der Waals surface area contributed by atoms with Gasteiger partial charge in [0.2, 0.25) is 5.91 Å². The lowest BCUT2D eigenvalue weighted by Gasteiger charge is -2.11. The molecule has 0 aliphatic rings. The molecule has 0 atom stereocenters. The summed E-state index contributed by atoms with van der Waals surface area (Å²) in [5.41, 5.74) is 1.27. The zero-order valence-corrected chi connectivity index (χ0v) is 14.4. The Balaban J connectivity index is 2.14. The van der Waals surface area contributed by atoms with E-state index < -0.39 is 11.9 Å². The van der Waals surface area contributed by atoms with E-state index >= 15 is 0 Å². The lowest BCUT2D eigenvalue weighted by Crippen LogP contribution is -2.16. The lowest BCUT2D eigenvalue weighted by atomic mass is 10.1. The zero-order valence-electron chi connectivity index (χ0n) is 14.4. The number of esters is 2. The highest BCUT2D eigenvalue weighted by molar-refractivity contribution is 6.03. The van der Waals surface area contributed by atoms with Crippen LogP contribution in [0.5, 0.6) is 0 Å². The molecule has 0 saturated heterocycles. The molecule has 0 aliphatic heterocycles. The number of carbonyl (C=O) groups excluding carboxylic acids is 3. The minimum Gasteiger partial charge on any atom is -0.465 e. The van der Waals surface area contributed by atoms with Crippen LogP contribution in [0.1, 0.15) is 32.7 Å². The maximum Gasteiger partial charge on any atom is 0.339 e. The number of carbonyl (C=O) groups is 3. The predicted octanol–water partition coefficient (Wildman–Crippen LogP) is 2.97. The van der Waals surface area contributed by atoms with Gasteiger partial charge >= 0.3 is 11.9 Å². The summed E-state index contributed by atoms with van der Waals surface area (Å²) < 4.78 is 22.2. The van der Waals surface area contributed by atoms with Gasteiger partial charge in [0.25, 0.3) is 0 Å². The number of aryl methyl sites for hydroxylation is 1. The van der Waals surface area contributed by atoms with Crippen molar-refractivity contribution in [2.24, 2.45) is 0 Å². The summed E-state index contributed by atoms with van der Waals surface area (Å²) in [7, 11) is 2.45. The van der Waals surface area contributed by atoms with Crippen LogP contribution in [0.2, 0.25) is 0 Å². The van der Waals surface area contributed by atoms with E-state index in [1.54, 1.807) is 12.1 Å². The van der Waals surface area contributed by atoms with Crippen LogP contribution in [-0.4, -0.2) is 32.1 Å². The first kappa shape index (κ1) is 19.1. The van der Waals surface area contributed by atoms with Gasteiger partial charge in [-0.05, 0) is 42.3 Å². The van der Waals surface area contributed by atoms with Crippen LogP contribution < -0.4 is 5.32 Å². The molecule has 0 radical (unpaired) electrons. The van der Waals surface area contributed by atoms with Crippen LogP contribution in [0.4, 0.5) is 10.1 Å². The molecule has 0 fully saturated rings. The second kappa shape index (κ2) is 8.75. The largest absolute Gasteiger partial charge is 0.465 e. The third-order valence-electron chi connectivity index (χ3n) is 3.67. The Morgan fingerprint density at radius 1 is 0.962 bits per heavy atom. The molecule has 6 nitrogen and oxygen atoms in total. The number of hydrogen-bond donors (Lipinski definition) is 1. The van der Waals surface area contributed by atoms with Crippen molar-refractivity contribution in [2.45, 2.75) is 12.8 Å². The van der Waals surface area contributed by atoms with Crippen molar-refractivity contribution >= 4 is 23.5 Å². The van der Waals surface area contributed by atoms with Gasteiger partial charge in [-0.1, -0.05) is 12.1 Å². The van der Waals surface area contributed by atoms with Gasteiger partial charge in [-0.25, -0.2) is 14.0 Å². The number of halogens is 1. The van der Waals surface area contributed by atoms with E-state index in [-0.39, 0.29) is 35.0 Å². The molecule has 26 heavy (non-hydrogen) atoms. The quantitative estimate of drug-likeness (QED) is 0.802. The van der Waals surface area contributed by atoms with Gasteiger partial charge in [0, 0.05) is 6.42 Å². The summed E-state index contributed by atoms with van der Waals surface area (Å²) in [4.78, 5) is 35.7. The summed E-state index contributed by atoms with van der Waals surface area (Å²) in [6.45, 7) is 0. The summed E-state index contributed by atoms with van der Waals surface area (Å²) in [5.74, 6) is -1.94. The molecule has 2 aromatic carbocycles. The number of methoxy groups -OCH3 is 2. The van der Waals surface area contributed by atoms with Crippen LogP contribution in [0, 0.1) is 5.82 Å². The van der Waals surface area contributed by atoms with Crippen LogP contribution in [0.15, 0.2) is 42.5 Å². The van der Waals surface area contributed by atoms with E-state index in [1.807, 2.05) is 0 Å². The minimum absolute atomic E-state index is 0.120. The standard InChI is InChI=1S/C19H18FNO5/c1-25-18(23)13-6-9-15(19(24)26-2)16(11-13)21-17(22)10-5-12-3-7-14(20)8-4-12/h3-4,6-9,11H,5,10H2,1-2H3,(H,21,22). The van der Waals surface area contributed by atoms with Gasteiger partial charge in [-0.15, -0.1) is 0 Å². The Kier molecular flexibility index (Phi) is 6.43. The summed E-state index contributed by atoms with van der Waals surface area (Å²) in [6.07, 6.45) is 0.519. The minimum atomic E-state index is -0.643. The number of hydrogen-bond acceptors (Lipinski definition) is 5. The SMILES string of the molecule is COC(=O)c1ccc(C(=O)OC)c(NC(=O)CCc2ccc(F)cc2)c1. The predicted molar refractivity (Wildman–Crippen MR) is 92.5 cm³/mol. The molecular formula is C19H18FNO5. The van der Waals surface area contributed by atoms with Crippen molar-refractivity contribution in [3.63, 3.8) is 0 Å². The Labute approximate surface area is 149 Å². The van der Waals surface area contributed by atoms with Gasteiger partial charge in [0.05, 0.1) is 31.0 Å². The summed E-state index contributed by atoms with van der Waals surface area (Å²) in [6, 6.07) is 9.99. The molecule has 0 spiro atoms. The second-order valence-corrected chi connectivity index (χ2v) is 5.42. The molecule has 0 unspecified atom stereocenters. The monoisotopic (exact) mass is 359 g/mol. The fraction of sp³-hybridized carbons (Fsp3) is 0.211. The number of nitrogens with one attached hydrogen (secondary N) is 1. The first-order valence-electron chi connectivity index (χ1n) is 7.79. The van der Waals surface area contributed by atoms with Crippen LogP contribution in [-0.2, 0) is 20.7 Å². The van der Waals surface area contributed by atoms with Gasteiger partial charge in [-0.2, -0.15) is 0 Å². The van der Waals surface area contributed by atoms with Crippen molar-refractivity contribution in [1.82, 2.24) is 0 Å². The maximum atomic E-state index is 12.9. The highest BCUT2D eigenvalue weighted by Crippen LogP contribution is 2.20. The highest BCUT2D eigenvalue weighted by Gasteiger charge is 2.17. The van der Waals surface area contributed by atoms with Crippen LogP contribution in [0.25, 0.3) is 0 Å². The van der Waals surface area contributed by atoms with E-state index in [0.29, 0.717) is 6.42 Å². The zero-order chi connectivity index (χ0) is 19.1. The average molecular weight is 359 g/mol. The van der Waals surface area contributed by atoms with Crippen molar-refractivity contribution in [1.29, 1.82) is 0 Å². The fourth-order valence-electron chi connectivity index (χ4n) is 2.30. The number of amides is 1. The number of anilines is 1. The maximum absolute atomic E-state index is 12.9. The fourth-order valence-corrected chi connectivity index (χ4v) is 2.30. The highest BCUT2D eigenvalue weighted by atomic mass is 19.1. The normalized spacial score (nSPS) is 10.1. The van der Waals surface area contributed by atoms with Crippen LogP contribution >= 0.6 is 0 Å². The van der Waals surface area contributed by atoms with Crippen molar-refractivity contribution in [3.05, 3.63) is 65.0 Å². The van der Waals surface area contributed by atoms with Crippen LogP contribution in [0.3, 0.4) is 0 Å². The third kappa shape index (κ3) is 4.89. The summed E-state index contributed by atoms with van der Waals surface area (Å²) in [5, 5.41) is 2.61. The molecule has 0 bridgehead atoms. The Morgan fingerprint density at radius 2 is 1.62 bits per heavy atom. The van der Waals surface area contributed by atoms with E-state index in [0.717, 1.165) is 5.56 Å². The summed E-state index contributed by atoms with van der Waals surface area (Å²) >= 11 is 0. The van der Waals surface area contributed by atoms with E-state index in [2.05, 4.69) is 14.8 Å². The first-order valence-corrected chi connectivity index (χ1v) is 7.79. The number of benzene rings is 2. The van der Waals surface area contributed by atoms with E-state index in [4.69, 9.17) is 0 Å². The first-order chi connectivity index (χ1) is 12.4. The van der Waals surface area contributed by atoms with Gasteiger partial charge in [-0.3, -0.25) is 4.79 Å². The molecule has 136 valence electrons. The molecule has 1 N–H and O–H groups in total. The van der Waals surface area contributed by atoms with Gasteiger partial charge in [0.15, 0.2) is 0 Å². The average Bonchev–Trinajstić information content (AvgIpc) is 2.66. The van der Waals surface area contributed by atoms with E-state index in [1.165, 1.54) is 44.6 Å². The lowest BCUT2D eigenvalue weighted by molar-refractivity contribution is -0.116. The molecule has 7 heteroatoms. The Bertz CT molecular complexity index is 817. The molecule has 2 rings (SSSR count). The van der Waals surface area contributed by atoms with Gasteiger partial charge in [0.1, 0.15) is 5.82 Å². The molecule has 0 aromatic heterocycles.